The van der Waals surface area contributed by atoms with Gasteiger partial charge < -0.3 is 20.3 Å². The largest absolute Gasteiger partial charge is 0.491 e. The lowest BCUT2D eigenvalue weighted by Gasteiger charge is -2.14. The lowest BCUT2D eigenvalue weighted by molar-refractivity contribution is 0.104. The Hall–Kier alpha value is -0.620. The molecule has 0 aliphatic heterocycles. The molecule has 1 rings (SSSR count). The summed E-state index contributed by atoms with van der Waals surface area (Å²) in [4.78, 5) is 0. The molecule has 2 atom stereocenters. The first-order valence-corrected chi connectivity index (χ1v) is 7.36. The Morgan fingerprint density at radius 1 is 1.32 bits per heavy atom. The van der Waals surface area contributed by atoms with Crippen LogP contribution in [0.5, 0.6) is 5.75 Å². The number of aliphatic hydroxyl groups is 2. The molecule has 0 spiro atoms. The van der Waals surface area contributed by atoms with Crippen molar-refractivity contribution >= 4 is 15.9 Å². The molecule has 5 heteroatoms. The molecular weight excluding hydrogens is 310 g/mol. The van der Waals surface area contributed by atoms with Gasteiger partial charge >= 0.3 is 0 Å². The van der Waals surface area contributed by atoms with E-state index in [0.29, 0.717) is 19.5 Å². The summed E-state index contributed by atoms with van der Waals surface area (Å²) in [5, 5.41) is 22.2. The molecule has 2 unspecified atom stereocenters. The summed E-state index contributed by atoms with van der Waals surface area (Å²) in [6, 6.07) is 7.51. The highest BCUT2D eigenvalue weighted by Crippen LogP contribution is 2.17. The van der Waals surface area contributed by atoms with E-state index in [4.69, 9.17) is 4.74 Å². The van der Waals surface area contributed by atoms with Gasteiger partial charge in [0.2, 0.25) is 0 Å². The third-order valence-corrected chi connectivity index (χ3v) is 3.24. The van der Waals surface area contributed by atoms with Gasteiger partial charge in [0, 0.05) is 11.0 Å². The Labute approximate surface area is 122 Å². The predicted octanol–water partition coefficient (Wildman–Crippen LogP) is 1.94. The normalized spacial score (nSPS) is 14.1. The van der Waals surface area contributed by atoms with Crippen LogP contribution in [0.1, 0.15) is 19.8 Å². The van der Waals surface area contributed by atoms with Crippen LogP contribution < -0.4 is 10.1 Å². The Kier molecular flexibility index (Phi) is 8.05. The second-order valence-corrected chi connectivity index (χ2v) is 5.39. The third-order valence-electron chi connectivity index (χ3n) is 2.74. The van der Waals surface area contributed by atoms with E-state index in [9.17, 15) is 10.2 Å². The zero-order valence-corrected chi connectivity index (χ0v) is 12.8. The maximum absolute atomic E-state index is 9.74. The minimum absolute atomic E-state index is 0.250. The summed E-state index contributed by atoms with van der Waals surface area (Å²) in [6.45, 7) is 3.36. The second-order valence-electron chi connectivity index (χ2n) is 4.48. The number of halogens is 1. The van der Waals surface area contributed by atoms with E-state index in [1.807, 2.05) is 31.2 Å². The van der Waals surface area contributed by atoms with Crippen LogP contribution in [0, 0.1) is 0 Å². The molecule has 0 saturated carbocycles. The monoisotopic (exact) mass is 331 g/mol. The van der Waals surface area contributed by atoms with Crippen molar-refractivity contribution in [2.75, 3.05) is 19.7 Å². The molecule has 1 aromatic rings. The van der Waals surface area contributed by atoms with Gasteiger partial charge in [-0.3, -0.25) is 0 Å². The van der Waals surface area contributed by atoms with Crippen molar-refractivity contribution in [3.63, 3.8) is 0 Å². The molecular formula is C14H22BrNO3. The first-order chi connectivity index (χ1) is 9.11. The van der Waals surface area contributed by atoms with Crippen molar-refractivity contribution in [1.82, 2.24) is 5.32 Å². The molecule has 0 fully saturated rings. The van der Waals surface area contributed by atoms with Gasteiger partial charge in [0.1, 0.15) is 18.5 Å². The van der Waals surface area contributed by atoms with E-state index in [0.717, 1.165) is 16.6 Å². The molecule has 0 amide bonds. The van der Waals surface area contributed by atoms with E-state index in [2.05, 4.69) is 21.2 Å². The highest BCUT2D eigenvalue weighted by atomic mass is 79.9. The van der Waals surface area contributed by atoms with Crippen molar-refractivity contribution in [1.29, 1.82) is 0 Å². The summed E-state index contributed by atoms with van der Waals surface area (Å²) in [5.74, 6) is 0.731. The number of hydrogen-bond donors (Lipinski definition) is 3. The molecule has 0 aromatic heterocycles. The Morgan fingerprint density at radius 3 is 2.79 bits per heavy atom. The fourth-order valence-corrected chi connectivity index (χ4v) is 1.93. The SMILES string of the molecule is CCC(O)CCNCC(O)COc1cccc(Br)c1. The average molecular weight is 332 g/mol. The van der Waals surface area contributed by atoms with E-state index in [-0.39, 0.29) is 12.7 Å². The molecule has 19 heavy (non-hydrogen) atoms. The topological polar surface area (TPSA) is 61.7 Å². The lowest BCUT2D eigenvalue weighted by Crippen LogP contribution is -2.33. The van der Waals surface area contributed by atoms with Gasteiger partial charge in [-0.2, -0.15) is 0 Å². The Morgan fingerprint density at radius 2 is 2.11 bits per heavy atom. The van der Waals surface area contributed by atoms with Gasteiger partial charge in [-0.25, -0.2) is 0 Å². The van der Waals surface area contributed by atoms with Gasteiger partial charge in [-0.15, -0.1) is 0 Å². The number of hydrogen-bond acceptors (Lipinski definition) is 4. The summed E-state index contributed by atoms with van der Waals surface area (Å²) < 4.78 is 6.43. The first-order valence-electron chi connectivity index (χ1n) is 6.57. The number of benzene rings is 1. The van der Waals surface area contributed by atoms with Crippen LogP contribution in [0.4, 0.5) is 0 Å². The number of ether oxygens (including phenoxy) is 1. The van der Waals surface area contributed by atoms with Crippen molar-refractivity contribution in [3.05, 3.63) is 28.7 Å². The average Bonchev–Trinajstić information content (AvgIpc) is 2.41. The maximum Gasteiger partial charge on any atom is 0.120 e. The Bertz CT molecular complexity index is 362. The van der Waals surface area contributed by atoms with Crippen molar-refractivity contribution in [2.45, 2.75) is 32.0 Å². The summed E-state index contributed by atoms with van der Waals surface area (Å²) in [5.41, 5.74) is 0. The molecule has 4 nitrogen and oxygen atoms in total. The van der Waals surface area contributed by atoms with Crippen LogP contribution in [0.15, 0.2) is 28.7 Å². The van der Waals surface area contributed by atoms with Crippen LogP contribution in [-0.4, -0.2) is 42.1 Å². The smallest absolute Gasteiger partial charge is 0.120 e. The van der Waals surface area contributed by atoms with E-state index in [1.165, 1.54) is 0 Å². The van der Waals surface area contributed by atoms with Gasteiger partial charge in [-0.1, -0.05) is 28.9 Å². The number of nitrogens with one attached hydrogen (secondary N) is 1. The predicted molar refractivity (Wildman–Crippen MR) is 79.4 cm³/mol. The van der Waals surface area contributed by atoms with Crippen LogP contribution >= 0.6 is 15.9 Å². The molecule has 0 bridgehead atoms. The van der Waals surface area contributed by atoms with E-state index >= 15 is 0 Å². The zero-order chi connectivity index (χ0) is 14.1. The Balaban J connectivity index is 2.12. The van der Waals surface area contributed by atoms with Gasteiger partial charge in [0.05, 0.1) is 6.10 Å². The van der Waals surface area contributed by atoms with Crippen LogP contribution in [-0.2, 0) is 0 Å². The minimum Gasteiger partial charge on any atom is -0.491 e. The van der Waals surface area contributed by atoms with Crippen molar-refractivity contribution in [2.24, 2.45) is 0 Å². The summed E-state index contributed by atoms with van der Waals surface area (Å²) in [7, 11) is 0. The molecule has 0 aliphatic carbocycles. The zero-order valence-electron chi connectivity index (χ0n) is 11.2. The van der Waals surface area contributed by atoms with Crippen LogP contribution in [0.25, 0.3) is 0 Å². The van der Waals surface area contributed by atoms with Gasteiger partial charge in [0.15, 0.2) is 0 Å². The summed E-state index contributed by atoms with van der Waals surface area (Å²) in [6.07, 6.45) is 0.645. The van der Waals surface area contributed by atoms with Crippen molar-refractivity contribution < 1.29 is 14.9 Å². The molecule has 0 radical (unpaired) electrons. The van der Waals surface area contributed by atoms with E-state index in [1.54, 1.807) is 0 Å². The number of aliphatic hydroxyl groups excluding tert-OH is 2. The minimum atomic E-state index is -0.558. The molecule has 108 valence electrons. The molecule has 3 N–H and O–H groups in total. The molecule has 0 saturated heterocycles. The fourth-order valence-electron chi connectivity index (χ4n) is 1.55. The fraction of sp³-hybridized carbons (Fsp3) is 0.571. The van der Waals surface area contributed by atoms with Gasteiger partial charge in [-0.05, 0) is 37.6 Å². The van der Waals surface area contributed by atoms with Crippen LogP contribution in [0.2, 0.25) is 0 Å². The highest BCUT2D eigenvalue weighted by Gasteiger charge is 2.06. The third kappa shape index (κ3) is 7.52. The molecule has 0 heterocycles. The van der Waals surface area contributed by atoms with Crippen molar-refractivity contribution in [3.8, 4) is 5.75 Å². The summed E-state index contributed by atoms with van der Waals surface area (Å²) >= 11 is 3.36. The maximum atomic E-state index is 9.74. The van der Waals surface area contributed by atoms with Gasteiger partial charge in [0.25, 0.3) is 0 Å². The standard InChI is InChI=1S/C14H22BrNO3/c1-2-12(17)6-7-16-9-13(18)10-19-14-5-3-4-11(15)8-14/h3-5,8,12-13,16-18H,2,6-7,9-10H2,1H3. The molecule has 1 aromatic carbocycles. The molecule has 0 aliphatic rings. The highest BCUT2D eigenvalue weighted by molar-refractivity contribution is 9.10. The quantitative estimate of drug-likeness (QED) is 0.605. The van der Waals surface area contributed by atoms with Crippen LogP contribution in [0.3, 0.4) is 0 Å². The van der Waals surface area contributed by atoms with E-state index < -0.39 is 6.10 Å². The second kappa shape index (κ2) is 9.31. The lowest BCUT2D eigenvalue weighted by atomic mass is 10.2. The number of rotatable bonds is 9. The first kappa shape index (κ1) is 16.4.